The van der Waals surface area contributed by atoms with Crippen LogP contribution < -0.4 is 14.8 Å². The van der Waals surface area contributed by atoms with Crippen LogP contribution in [0.2, 0.25) is 0 Å². The van der Waals surface area contributed by atoms with E-state index in [1.807, 2.05) is 9.47 Å². The van der Waals surface area contributed by atoms with Crippen LogP contribution in [0.25, 0.3) is 0 Å². The Morgan fingerprint density at radius 1 is 1.00 bits per heavy atom. The van der Waals surface area contributed by atoms with Crippen LogP contribution in [-0.4, -0.2) is 46.1 Å². The summed E-state index contributed by atoms with van der Waals surface area (Å²) in [6, 6.07) is 5.27. The summed E-state index contributed by atoms with van der Waals surface area (Å²) in [5.41, 5.74) is 1.81. The standard InChI is InChI=1S/C20H22N4O4/c25-19(21-13-6-7-15-16(11-13)28-12-27-15)17-14-5-1-2-10-24(14)18(22-17)20(26)23-8-3-4-9-23/h6-7,11H,1-5,8-10,12H2,(H,21,25). The van der Waals surface area contributed by atoms with E-state index in [0.717, 1.165) is 57.4 Å². The zero-order valence-electron chi connectivity index (χ0n) is 15.6. The number of rotatable bonds is 3. The second-order valence-corrected chi connectivity index (χ2v) is 7.36. The van der Waals surface area contributed by atoms with Crippen molar-refractivity contribution < 1.29 is 19.1 Å². The predicted molar refractivity (Wildman–Crippen MR) is 101 cm³/mol. The topological polar surface area (TPSA) is 85.7 Å². The number of carbonyl (C=O) groups excluding carboxylic acids is 2. The molecule has 0 spiro atoms. The monoisotopic (exact) mass is 382 g/mol. The van der Waals surface area contributed by atoms with Gasteiger partial charge in [0.1, 0.15) is 0 Å². The van der Waals surface area contributed by atoms with Crippen molar-refractivity contribution in [3.63, 3.8) is 0 Å². The van der Waals surface area contributed by atoms with Gasteiger partial charge in [-0.15, -0.1) is 0 Å². The number of anilines is 1. The maximum atomic E-state index is 13.0. The van der Waals surface area contributed by atoms with Crippen LogP contribution in [0.5, 0.6) is 11.5 Å². The quantitative estimate of drug-likeness (QED) is 0.881. The lowest BCUT2D eigenvalue weighted by atomic mass is 10.1. The molecule has 1 aromatic heterocycles. The Labute approximate surface area is 162 Å². The van der Waals surface area contributed by atoms with Crippen molar-refractivity contribution in [3.05, 3.63) is 35.4 Å². The maximum Gasteiger partial charge on any atom is 0.289 e. The molecule has 146 valence electrons. The van der Waals surface area contributed by atoms with E-state index in [0.29, 0.717) is 28.7 Å². The smallest absolute Gasteiger partial charge is 0.289 e. The van der Waals surface area contributed by atoms with Crippen LogP contribution >= 0.6 is 0 Å². The Morgan fingerprint density at radius 3 is 2.64 bits per heavy atom. The molecule has 0 atom stereocenters. The third kappa shape index (κ3) is 2.89. The van der Waals surface area contributed by atoms with Gasteiger partial charge >= 0.3 is 0 Å². The number of fused-ring (bicyclic) bond motifs is 2. The second-order valence-electron chi connectivity index (χ2n) is 7.36. The zero-order valence-corrected chi connectivity index (χ0v) is 15.6. The first-order valence-corrected chi connectivity index (χ1v) is 9.80. The van der Waals surface area contributed by atoms with Crippen molar-refractivity contribution in [2.75, 3.05) is 25.2 Å². The molecule has 3 aliphatic heterocycles. The minimum atomic E-state index is -0.301. The molecule has 0 unspecified atom stereocenters. The van der Waals surface area contributed by atoms with E-state index in [1.165, 1.54) is 0 Å². The molecule has 28 heavy (non-hydrogen) atoms. The molecule has 0 bridgehead atoms. The number of benzene rings is 1. The van der Waals surface area contributed by atoms with Gasteiger partial charge in [0.05, 0.1) is 5.69 Å². The van der Waals surface area contributed by atoms with Crippen LogP contribution in [0.3, 0.4) is 0 Å². The molecule has 0 aliphatic carbocycles. The van der Waals surface area contributed by atoms with Gasteiger partial charge in [0.15, 0.2) is 23.0 Å². The van der Waals surface area contributed by atoms with Crippen molar-refractivity contribution in [1.29, 1.82) is 0 Å². The highest BCUT2D eigenvalue weighted by Crippen LogP contribution is 2.34. The molecule has 1 fully saturated rings. The van der Waals surface area contributed by atoms with Gasteiger partial charge in [0.2, 0.25) is 6.79 Å². The highest BCUT2D eigenvalue weighted by Gasteiger charge is 2.31. The number of aromatic nitrogens is 2. The van der Waals surface area contributed by atoms with Crippen molar-refractivity contribution in [2.24, 2.45) is 0 Å². The first kappa shape index (κ1) is 17.1. The Bertz CT molecular complexity index is 946. The van der Waals surface area contributed by atoms with Crippen LogP contribution in [0.4, 0.5) is 5.69 Å². The second kappa shape index (κ2) is 6.85. The van der Waals surface area contributed by atoms with Gasteiger partial charge in [0.25, 0.3) is 11.8 Å². The van der Waals surface area contributed by atoms with Gasteiger partial charge in [0, 0.05) is 31.4 Å². The minimum Gasteiger partial charge on any atom is -0.454 e. The Hall–Kier alpha value is -3.03. The van der Waals surface area contributed by atoms with Gasteiger partial charge in [-0.1, -0.05) is 0 Å². The molecule has 1 N–H and O–H groups in total. The first-order chi connectivity index (χ1) is 13.7. The Morgan fingerprint density at radius 2 is 1.79 bits per heavy atom. The van der Waals surface area contributed by atoms with Gasteiger partial charge in [-0.05, 0) is 44.2 Å². The molecule has 0 radical (unpaired) electrons. The zero-order chi connectivity index (χ0) is 19.1. The molecule has 0 saturated carbocycles. The van der Waals surface area contributed by atoms with E-state index in [2.05, 4.69) is 10.3 Å². The number of ether oxygens (including phenoxy) is 2. The largest absolute Gasteiger partial charge is 0.454 e. The summed E-state index contributed by atoms with van der Waals surface area (Å²) in [6.07, 6.45) is 4.79. The van der Waals surface area contributed by atoms with Gasteiger partial charge in [-0.3, -0.25) is 9.59 Å². The molecule has 1 saturated heterocycles. The highest BCUT2D eigenvalue weighted by atomic mass is 16.7. The van der Waals surface area contributed by atoms with Gasteiger partial charge in [-0.2, -0.15) is 0 Å². The summed E-state index contributed by atoms with van der Waals surface area (Å²) < 4.78 is 12.6. The van der Waals surface area contributed by atoms with Crippen molar-refractivity contribution in [2.45, 2.75) is 38.6 Å². The third-order valence-corrected chi connectivity index (χ3v) is 5.55. The van der Waals surface area contributed by atoms with E-state index in [-0.39, 0.29) is 18.6 Å². The Kier molecular flexibility index (Phi) is 4.18. The molecule has 3 aliphatic rings. The average Bonchev–Trinajstić information content (AvgIpc) is 3.46. The lowest BCUT2D eigenvalue weighted by Gasteiger charge is -2.19. The maximum absolute atomic E-state index is 13.0. The van der Waals surface area contributed by atoms with Crippen molar-refractivity contribution >= 4 is 17.5 Å². The molecule has 8 nitrogen and oxygen atoms in total. The summed E-state index contributed by atoms with van der Waals surface area (Å²) in [6.45, 7) is 2.44. The first-order valence-electron chi connectivity index (χ1n) is 9.80. The molecule has 2 aromatic rings. The SMILES string of the molecule is O=C(Nc1ccc2c(c1)OCO2)c1nc(C(=O)N2CCCC2)n2c1CCCC2. The van der Waals surface area contributed by atoms with E-state index >= 15 is 0 Å². The number of nitrogens with one attached hydrogen (secondary N) is 1. The number of imidazole rings is 1. The molecule has 5 rings (SSSR count). The highest BCUT2D eigenvalue weighted by molar-refractivity contribution is 6.05. The fourth-order valence-electron chi connectivity index (χ4n) is 4.11. The number of hydrogen-bond donors (Lipinski definition) is 1. The van der Waals surface area contributed by atoms with Gasteiger partial charge < -0.3 is 24.3 Å². The van der Waals surface area contributed by atoms with E-state index < -0.39 is 0 Å². The Balaban J connectivity index is 1.44. The van der Waals surface area contributed by atoms with E-state index in [1.54, 1.807) is 18.2 Å². The summed E-state index contributed by atoms with van der Waals surface area (Å²) in [5, 5.41) is 2.88. The number of amides is 2. The lowest BCUT2D eigenvalue weighted by molar-refractivity contribution is 0.0774. The van der Waals surface area contributed by atoms with E-state index in [4.69, 9.17) is 9.47 Å². The normalized spacial score (nSPS) is 17.5. The summed E-state index contributed by atoms with van der Waals surface area (Å²) in [4.78, 5) is 32.2. The van der Waals surface area contributed by atoms with E-state index in [9.17, 15) is 9.59 Å². The molecule has 1 aromatic carbocycles. The molecule has 8 heteroatoms. The number of carbonyl (C=O) groups is 2. The number of likely N-dealkylation sites (tertiary alicyclic amines) is 1. The van der Waals surface area contributed by atoms with Crippen LogP contribution in [0.15, 0.2) is 18.2 Å². The summed E-state index contributed by atoms with van der Waals surface area (Å²) >= 11 is 0. The van der Waals surface area contributed by atoms with Crippen LogP contribution in [-0.2, 0) is 13.0 Å². The van der Waals surface area contributed by atoms with Gasteiger partial charge in [-0.25, -0.2) is 4.98 Å². The van der Waals surface area contributed by atoms with Crippen LogP contribution in [0, 0.1) is 0 Å². The fourth-order valence-corrected chi connectivity index (χ4v) is 4.11. The van der Waals surface area contributed by atoms with Crippen LogP contribution in [0.1, 0.15) is 52.5 Å². The van der Waals surface area contributed by atoms with Crippen molar-refractivity contribution in [3.8, 4) is 11.5 Å². The molecular formula is C20H22N4O4. The number of nitrogens with zero attached hydrogens (tertiary/aromatic N) is 3. The summed E-state index contributed by atoms with van der Waals surface area (Å²) in [5.74, 6) is 1.30. The third-order valence-electron chi connectivity index (χ3n) is 5.55. The average molecular weight is 382 g/mol. The molecule has 4 heterocycles. The molecular weight excluding hydrogens is 360 g/mol. The van der Waals surface area contributed by atoms with Crippen molar-refractivity contribution in [1.82, 2.24) is 14.5 Å². The fraction of sp³-hybridized carbons (Fsp3) is 0.450. The lowest BCUT2D eigenvalue weighted by Crippen LogP contribution is -2.31. The minimum absolute atomic E-state index is 0.0669. The number of hydrogen-bond acceptors (Lipinski definition) is 5. The molecule has 2 amide bonds. The summed E-state index contributed by atoms with van der Waals surface area (Å²) in [7, 11) is 0. The predicted octanol–water partition coefficient (Wildman–Crippen LogP) is 2.44.